The van der Waals surface area contributed by atoms with Crippen molar-refractivity contribution in [1.29, 1.82) is 0 Å². The summed E-state index contributed by atoms with van der Waals surface area (Å²) >= 11 is 6.86. The summed E-state index contributed by atoms with van der Waals surface area (Å²) < 4.78 is 27.0. The Kier molecular flexibility index (Phi) is 4.66. The predicted octanol–water partition coefficient (Wildman–Crippen LogP) is 3.57. The van der Waals surface area contributed by atoms with Crippen molar-refractivity contribution in [2.75, 3.05) is 4.72 Å². The Morgan fingerprint density at radius 3 is 2.52 bits per heavy atom. The monoisotopic (exact) mass is 396 g/mol. The Hall–Kier alpha value is -2.56. The van der Waals surface area contributed by atoms with Crippen LogP contribution in [0.4, 0.5) is 10.8 Å². The van der Waals surface area contributed by atoms with Gasteiger partial charge in [-0.15, -0.1) is 10.2 Å². The number of anilines is 1. The number of hydrogen-bond acceptors (Lipinski definition) is 7. The zero-order chi connectivity index (χ0) is 18.0. The first-order chi connectivity index (χ1) is 11.8. The second kappa shape index (κ2) is 6.75. The van der Waals surface area contributed by atoms with Crippen LogP contribution in [0, 0.1) is 10.1 Å². The van der Waals surface area contributed by atoms with Crippen LogP contribution < -0.4 is 4.72 Å². The molecule has 11 heteroatoms. The minimum absolute atomic E-state index is 0.0523. The molecule has 25 heavy (non-hydrogen) atoms. The number of nitro benzene ring substituents is 1. The molecule has 2 aromatic carbocycles. The molecule has 1 N–H and O–H groups in total. The van der Waals surface area contributed by atoms with Gasteiger partial charge in [0.05, 0.1) is 9.82 Å². The highest BCUT2D eigenvalue weighted by molar-refractivity contribution is 7.93. The van der Waals surface area contributed by atoms with E-state index in [1.54, 1.807) is 24.3 Å². The molecule has 0 radical (unpaired) electrons. The molecule has 0 aliphatic carbocycles. The lowest BCUT2D eigenvalue weighted by Gasteiger charge is -2.04. The number of nitrogens with one attached hydrogen (secondary N) is 1. The molecule has 0 fully saturated rings. The van der Waals surface area contributed by atoms with Crippen molar-refractivity contribution in [3.8, 4) is 10.6 Å². The zero-order valence-electron chi connectivity index (χ0n) is 12.3. The molecule has 3 aromatic rings. The van der Waals surface area contributed by atoms with E-state index in [1.807, 2.05) is 0 Å². The van der Waals surface area contributed by atoms with Gasteiger partial charge in [0.1, 0.15) is 5.01 Å². The highest BCUT2D eigenvalue weighted by Gasteiger charge is 2.20. The van der Waals surface area contributed by atoms with Crippen LogP contribution in [0.3, 0.4) is 0 Å². The van der Waals surface area contributed by atoms with Crippen LogP contribution in [0.15, 0.2) is 53.4 Å². The second-order valence-corrected chi connectivity index (χ2v) is 7.88. The average Bonchev–Trinajstić information content (AvgIpc) is 3.03. The highest BCUT2D eigenvalue weighted by atomic mass is 35.5. The number of rotatable bonds is 5. The fourth-order valence-electron chi connectivity index (χ4n) is 1.91. The third kappa shape index (κ3) is 3.92. The molecule has 3 rings (SSSR count). The molecule has 0 aliphatic rings. The van der Waals surface area contributed by atoms with Crippen LogP contribution in [0.1, 0.15) is 0 Å². The van der Waals surface area contributed by atoms with Crippen molar-refractivity contribution in [1.82, 2.24) is 10.2 Å². The maximum absolute atomic E-state index is 12.4. The van der Waals surface area contributed by atoms with Crippen molar-refractivity contribution in [2.45, 2.75) is 4.90 Å². The summed E-state index contributed by atoms with van der Waals surface area (Å²) in [5.74, 6) is 0. The lowest BCUT2D eigenvalue weighted by atomic mass is 10.2. The van der Waals surface area contributed by atoms with E-state index in [0.717, 1.165) is 23.0 Å². The molecule has 0 amide bonds. The lowest BCUT2D eigenvalue weighted by Crippen LogP contribution is -2.13. The topological polar surface area (TPSA) is 115 Å². The van der Waals surface area contributed by atoms with Gasteiger partial charge in [-0.25, -0.2) is 8.42 Å². The Morgan fingerprint density at radius 2 is 1.84 bits per heavy atom. The molecule has 8 nitrogen and oxygen atoms in total. The Bertz CT molecular complexity index is 1030. The van der Waals surface area contributed by atoms with Crippen LogP contribution in [0.25, 0.3) is 10.6 Å². The summed E-state index contributed by atoms with van der Waals surface area (Å²) in [6.45, 7) is 0. The van der Waals surface area contributed by atoms with Crippen molar-refractivity contribution in [2.24, 2.45) is 0 Å². The number of nitrogens with zero attached hydrogens (tertiary/aromatic N) is 3. The standard InChI is InChI=1S/C14H9ClN4O4S2/c15-10-6-4-9(5-7-10)13-16-17-14(24-13)18-25(22,23)12-3-1-2-11(8-12)19(20)21/h1-8H,(H,17,18). The average molecular weight is 397 g/mol. The van der Waals surface area contributed by atoms with Gasteiger partial charge in [-0.3, -0.25) is 14.8 Å². The van der Waals surface area contributed by atoms with Gasteiger partial charge in [-0.05, 0) is 18.2 Å². The van der Waals surface area contributed by atoms with E-state index in [0.29, 0.717) is 10.0 Å². The minimum atomic E-state index is -4.01. The SMILES string of the molecule is O=[N+]([O-])c1cccc(S(=O)(=O)Nc2nnc(-c3ccc(Cl)cc3)s2)c1. The van der Waals surface area contributed by atoms with Crippen LogP contribution in [0.5, 0.6) is 0 Å². The van der Waals surface area contributed by atoms with E-state index >= 15 is 0 Å². The van der Waals surface area contributed by atoms with Crippen LogP contribution >= 0.6 is 22.9 Å². The normalized spacial score (nSPS) is 11.2. The van der Waals surface area contributed by atoms with Gasteiger partial charge in [0.2, 0.25) is 5.13 Å². The Balaban J connectivity index is 1.85. The van der Waals surface area contributed by atoms with Crippen molar-refractivity contribution in [3.05, 3.63) is 63.7 Å². The van der Waals surface area contributed by atoms with Crippen molar-refractivity contribution < 1.29 is 13.3 Å². The lowest BCUT2D eigenvalue weighted by molar-refractivity contribution is -0.385. The summed E-state index contributed by atoms with van der Waals surface area (Å²) in [6.07, 6.45) is 0. The fourth-order valence-corrected chi connectivity index (χ4v) is 4.06. The zero-order valence-corrected chi connectivity index (χ0v) is 14.7. The minimum Gasteiger partial charge on any atom is -0.258 e. The van der Waals surface area contributed by atoms with E-state index < -0.39 is 14.9 Å². The molecule has 0 aliphatic heterocycles. The first-order valence-corrected chi connectivity index (χ1v) is 9.40. The first kappa shape index (κ1) is 17.3. The smallest absolute Gasteiger partial charge is 0.258 e. The van der Waals surface area contributed by atoms with Gasteiger partial charge in [-0.2, -0.15) is 0 Å². The molecular formula is C14H9ClN4O4S2. The molecule has 0 unspecified atom stereocenters. The summed E-state index contributed by atoms with van der Waals surface area (Å²) in [4.78, 5) is 9.89. The summed E-state index contributed by atoms with van der Waals surface area (Å²) in [5.41, 5.74) is 0.421. The van der Waals surface area contributed by atoms with Crippen LogP contribution in [-0.4, -0.2) is 23.5 Å². The van der Waals surface area contributed by atoms with E-state index in [2.05, 4.69) is 14.9 Å². The maximum atomic E-state index is 12.4. The van der Waals surface area contributed by atoms with Gasteiger partial charge in [0, 0.05) is 22.7 Å². The van der Waals surface area contributed by atoms with Crippen molar-refractivity contribution in [3.63, 3.8) is 0 Å². The van der Waals surface area contributed by atoms with Gasteiger partial charge in [-0.1, -0.05) is 41.1 Å². The molecule has 0 spiro atoms. The van der Waals surface area contributed by atoms with Crippen LogP contribution in [0.2, 0.25) is 5.02 Å². The summed E-state index contributed by atoms with van der Waals surface area (Å²) in [7, 11) is -4.01. The molecule has 1 aromatic heterocycles. The number of hydrogen-bond donors (Lipinski definition) is 1. The third-order valence-corrected chi connectivity index (χ3v) is 5.68. The third-order valence-electron chi connectivity index (χ3n) is 3.08. The number of benzene rings is 2. The summed E-state index contributed by atoms with van der Waals surface area (Å²) in [5, 5.41) is 19.6. The highest BCUT2D eigenvalue weighted by Crippen LogP contribution is 2.29. The number of nitro groups is 1. The Labute approximate surface area is 151 Å². The molecule has 0 atom stereocenters. The molecule has 1 heterocycles. The van der Waals surface area contributed by atoms with Crippen molar-refractivity contribution >= 4 is 43.8 Å². The first-order valence-electron chi connectivity index (χ1n) is 6.72. The van der Waals surface area contributed by atoms with Gasteiger partial charge in [0.15, 0.2) is 0 Å². The second-order valence-electron chi connectivity index (χ2n) is 4.78. The van der Waals surface area contributed by atoms with E-state index in [1.165, 1.54) is 18.2 Å². The van der Waals surface area contributed by atoms with Gasteiger partial charge >= 0.3 is 0 Å². The largest absolute Gasteiger partial charge is 0.270 e. The molecular weight excluding hydrogens is 388 g/mol. The molecule has 0 bridgehead atoms. The predicted molar refractivity (Wildman–Crippen MR) is 94.3 cm³/mol. The number of non-ortho nitro benzene ring substituents is 1. The maximum Gasteiger partial charge on any atom is 0.270 e. The molecule has 0 saturated carbocycles. The fraction of sp³-hybridized carbons (Fsp3) is 0. The van der Waals surface area contributed by atoms with Gasteiger partial charge < -0.3 is 0 Å². The number of aromatic nitrogens is 2. The Morgan fingerprint density at radius 1 is 1.12 bits per heavy atom. The molecule has 128 valence electrons. The van der Waals surface area contributed by atoms with E-state index in [-0.39, 0.29) is 15.7 Å². The quantitative estimate of drug-likeness (QED) is 0.520. The summed E-state index contributed by atoms with van der Waals surface area (Å²) in [6, 6.07) is 11.6. The molecule has 0 saturated heterocycles. The van der Waals surface area contributed by atoms with Crippen LogP contribution in [-0.2, 0) is 10.0 Å². The van der Waals surface area contributed by atoms with Gasteiger partial charge in [0.25, 0.3) is 15.7 Å². The van der Waals surface area contributed by atoms with E-state index in [9.17, 15) is 18.5 Å². The number of sulfonamides is 1. The number of halogens is 1. The van der Waals surface area contributed by atoms with E-state index in [4.69, 9.17) is 11.6 Å².